The van der Waals surface area contributed by atoms with Crippen molar-refractivity contribution in [2.24, 2.45) is 5.73 Å². The molecular weight excluding hydrogens is 293 g/mol. The summed E-state index contributed by atoms with van der Waals surface area (Å²) >= 11 is 0. The Labute approximate surface area is 124 Å². The Morgan fingerprint density at radius 3 is 2.86 bits per heavy atom. The third-order valence-corrected chi connectivity index (χ3v) is 6.36. The van der Waals surface area contributed by atoms with E-state index in [0.717, 1.165) is 32.0 Å². The molecule has 1 atom stereocenters. The van der Waals surface area contributed by atoms with E-state index < -0.39 is 15.8 Å². The minimum absolute atomic E-state index is 0.0106. The molecule has 2 aliphatic rings. The fourth-order valence-electron chi connectivity index (χ4n) is 3.26. The van der Waals surface area contributed by atoms with Crippen LogP contribution in [-0.2, 0) is 16.6 Å². The molecule has 5 nitrogen and oxygen atoms in total. The average molecular weight is 313 g/mol. The molecule has 2 N–H and O–H groups in total. The summed E-state index contributed by atoms with van der Waals surface area (Å²) in [6.07, 6.45) is 2.14. The number of piperazine rings is 1. The summed E-state index contributed by atoms with van der Waals surface area (Å²) in [5.74, 6) is -0.551. The smallest absolute Gasteiger partial charge is 0.243 e. The van der Waals surface area contributed by atoms with Gasteiger partial charge in [-0.15, -0.1) is 0 Å². The van der Waals surface area contributed by atoms with Crippen molar-refractivity contribution in [1.82, 2.24) is 9.21 Å². The maximum absolute atomic E-state index is 13.5. The van der Waals surface area contributed by atoms with E-state index in [1.165, 1.54) is 16.4 Å². The number of fused-ring (bicyclic) bond motifs is 1. The third kappa shape index (κ3) is 2.70. The maximum Gasteiger partial charge on any atom is 0.243 e. The van der Waals surface area contributed by atoms with E-state index in [1.54, 1.807) is 0 Å². The molecule has 1 aromatic rings. The number of nitrogens with zero attached hydrogens (tertiary/aromatic N) is 2. The van der Waals surface area contributed by atoms with Crippen LogP contribution in [0.25, 0.3) is 0 Å². The topological polar surface area (TPSA) is 66.6 Å². The van der Waals surface area contributed by atoms with E-state index in [-0.39, 0.29) is 11.4 Å². The van der Waals surface area contributed by atoms with Crippen LogP contribution in [0.3, 0.4) is 0 Å². The largest absolute Gasteiger partial charge is 0.326 e. The van der Waals surface area contributed by atoms with Gasteiger partial charge in [0.2, 0.25) is 10.0 Å². The Hall–Kier alpha value is -1.02. The van der Waals surface area contributed by atoms with Gasteiger partial charge in [-0.1, -0.05) is 6.07 Å². The summed E-state index contributed by atoms with van der Waals surface area (Å²) < 4.78 is 40.5. The molecule has 2 saturated heterocycles. The Kier molecular flexibility index (Phi) is 4.00. The Morgan fingerprint density at radius 1 is 1.29 bits per heavy atom. The van der Waals surface area contributed by atoms with Gasteiger partial charge in [0.15, 0.2) is 0 Å². The number of nitrogens with two attached hydrogens (primary N) is 1. The van der Waals surface area contributed by atoms with E-state index in [0.29, 0.717) is 24.7 Å². The van der Waals surface area contributed by atoms with Crippen LogP contribution in [0, 0.1) is 5.82 Å². The van der Waals surface area contributed by atoms with Gasteiger partial charge in [-0.3, -0.25) is 4.90 Å². The van der Waals surface area contributed by atoms with Crippen molar-refractivity contribution in [3.63, 3.8) is 0 Å². The molecule has 0 aliphatic carbocycles. The standard InChI is InChI=1S/C14H20FN3O2S/c15-12-4-3-11(9-16)14(8-12)21(19,20)18-7-6-17-5-1-2-13(17)10-18/h3-4,8,13H,1-2,5-7,9-10,16H2. The SMILES string of the molecule is NCc1ccc(F)cc1S(=O)(=O)N1CCN2CCCC2C1. The van der Waals surface area contributed by atoms with Crippen LogP contribution in [0.4, 0.5) is 4.39 Å². The summed E-state index contributed by atoms with van der Waals surface area (Å²) in [6.45, 7) is 2.82. The summed E-state index contributed by atoms with van der Waals surface area (Å²) in [7, 11) is -3.68. The molecule has 116 valence electrons. The van der Waals surface area contributed by atoms with Gasteiger partial charge < -0.3 is 5.73 Å². The predicted molar refractivity (Wildman–Crippen MR) is 77.6 cm³/mol. The summed E-state index contributed by atoms with van der Waals surface area (Å²) in [5.41, 5.74) is 6.06. The van der Waals surface area contributed by atoms with Crippen LogP contribution in [0.5, 0.6) is 0 Å². The van der Waals surface area contributed by atoms with Crippen molar-refractivity contribution in [3.8, 4) is 0 Å². The quantitative estimate of drug-likeness (QED) is 0.894. The summed E-state index contributed by atoms with van der Waals surface area (Å²) in [5, 5.41) is 0. The minimum atomic E-state index is -3.68. The van der Waals surface area contributed by atoms with Gasteiger partial charge in [-0.2, -0.15) is 4.31 Å². The molecule has 1 aromatic carbocycles. The Balaban J connectivity index is 1.91. The highest BCUT2D eigenvalue weighted by Gasteiger charge is 2.37. The highest BCUT2D eigenvalue weighted by molar-refractivity contribution is 7.89. The molecule has 0 saturated carbocycles. The lowest BCUT2D eigenvalue weighted by atomic mass is 10.2. The summed E-state index contributed by atoms with van der Waals surface area (Å²) in [4.78, 5) is 2.35. The molecule has 1 unspecified atom stereocenters. The average Bonchev–Trinajstić information content (AvgIpc) is 2.94. The van der Waals surface area contributed by atoms with Crippen LogP contribution in [0.2, 0.25) is 0 Å². The lowest BCUT2D eigenvalue weighted by Crippen LogP contribution is -2.52. The van der Waals surface area contributed by atoms with Gasteiger partial charge in [0, 0.05) is 32.2 Å². The molecule has 0 spiro atoms. The fraction of sp³-hybridized carbons (Fsp3) is 0.571. The Morgan fingerprint density at radius 2 is 2.10 bits per heavy atom. The highest BCUT2D eigenvalue weighted by Crippen LogP contribution is 2.27. The van der Waals surface area contributed by atoms with Gasteiger partial charge in [-0.05, 0) is 37.1 Å². The molecule has 2 fully saturated rings. The zero-order chi connectivity index (χ0) is 15.0. The van der Waals surface area contributed by atoms with Gasteiger partial charge in [0.25, 0.3) is 0 Å². The molecule has 3 rings (SSSR count). The number of sulfonamides is 1. The lowest BCUT2D eigenvalue weighted by molar-refractivity contribution is 0.158. The zero-order valence-corrected chi connectivity index (χ0v) is 12.7. The van der Waals surface area contributed by atoms with Gasteiger partial charge in [-0.25, -0.2) is 12.8 Å². The highest BCUT2D eigenvalue weighted by atomic mass is 32.2. The van der Waals surface area contributed by atoms with Crippen LogP contribution < -0.4 is 5.73 Å². The van der Waals surface area contributed by atoms with E-state index in [9.17, 15) is 12.8 Å². The van der Waals surface area contributed by atoms with Gasteiger partial charge in [0.1, 0.15) is 5.82 Å². The minimum Gasteiger partial charge on any atom is -0.326 e. The summed E-state index contributed by atoms with van der Waals surface area (Å²) in [6, 6.07) is 4.08. The number of hydrogen-bond acceptors (Lipinski definition) is 4. The monoisotopic (exact) mass is 313 g/mol. The first-order chi connectivity index (χ1) is 10.0. The van der Waals surface area contributed by atoms with E-state index in [4.69, 9.17) is 5.73 Å². The normalized spacial score (nSPS) is 24.2. The molecule has 2 heterocycles. The van der Waals surface area contributed by atoms with E-state index in [2.05, 4.69) is 4.90 Å². The van der Waals surface area contributed by atoms with Crippen molar-refractivity contribution in [1.29, 1.82) is 0 Å². The zero-order valence-electron chi connectivity index (χ0n) is 11.8. The van der Waals surface area contributed by atoms with E-state index in [1.807, 2.05) is 0 Å². The van der Waals surface area contributed by atoms with Gasteiger partial charge >= 0.3 is 0 Å². The van der Waals surface area contributed by atoms with Crippen molar-refractivity contribution < 1.29 is 12.8 Å². The van der Waals surface area contributed by atoms with Crippen LogP contribution in [0.1, 0.15) is 18.4 Å². The second-order valence-corrected chi connectivity index (χ2v) is 7.56. The molecule has 0 radical (unpaired) electrons. The number of rotatable bonds is 3. The first kappa shape index (κ1) is 14.9. The second kappa shape index (κ2) is 5.64. The lowest BCUT2D eigenvalue weighted by Gasteiger charge is -2.36. The first-order valence-electron chi connectivity index (χ1n) is 7.25. The molecule has 21 heavy (non-hydrogen) atoms. The predicted octanol–water partition coefficient (Wildman–Crippen LogP) is 0.753. The number of hydrogen-bond donors (Lipinski definition) is 1. The molecule has 0 aromatic heterocycles. The van der Waals surface area contributed by atoms with Crippen LogP contribution in [0.15, 0.2) is 23.1 Å². The Bertz CT molecular complexity index is 635. The third-order valence-electron chi connectivity index (χ3n) is 4.42. The van der Waals surface area contributed by atoms with Crippen molar-refractivity contribution in [2.45, 2.75) is 30.3 Å². The van der Waals surface area contributed by atoms with Crippen molar-refractivity contribution in [3.05, 3.63) is 29.6 Å². The molecule has 0 amide bonds. The molecular formula is C14H20FN3O2S. The fourth-order valence-corrected chi connectivity index (χ4v) is 4.97. The molecule has 0 bridgehead atoms. The van der Waals surface area contributed by atoms with Crippen molar-refractivity contribution in [2.75, 3.05) is 26.2 Å². The van der Waals surface area contributed by atoms with Crippen LogP contribution in [-0.4, -0.2) is 49.8 Å². The number of benzene rings is 1. The molecule has 2 aliphatic heterocycles. The number of halogens is 1. The second-order valence-electron chi connectivity index (χ2n) is 5.65. The maximum atomic E-state index is 13.5. The van der Waals surface area contributed by atoms with E-state index >= 15 is 0 Å². The van der Waals surface area contributed by atoms with Crippen LogP contribution >= 0.6 is 0 Å². The molecule has 7 heteroatoms. The van der Waals surface area contributed by atoms with Crippen molar-refractivity contribution >= 4 is 10.0 Å². The van der Waals surface area contributed by atoms with Gasteiger partial charge in [0.05, 0.1) is 4.90 Å². The first-order valence-corrected chi connectivity index (χ1v) is 8.69.